The van der Waals surface area contributed by atoms with E-state index in [1.54, 1.807) is 6.07 Å². The Bertz CT molecular complexity index is 943. The summed E-state index contributed by atoms with van der Waals surface area (Å²) < 4.78 is 11.2. The summed E-state index contributed by atoms with van der Waals surface area (Å²) in [6.45, 7) is 5.06. The molecule has 1 aliphatic rings. The van der Waals surface area contributed by atoms with Crippen molar-refractivity contribution >= 4 is 5.97 Å². The van der Waals surface area contributed by atoms with Crippen molar-refractivity contribution in [2.75, 3.05) is 6.61 Å². The van der Waals surface area contributed by atoms with Gasteiger partial charge in [-0.3, -0.25) is 4.79 Å². The standard InChI is InChI=1S/C29H39N3O3/c1-3-5-7-8-9-18-29(22-30)19-16-24(17-20-29)28(33)35-27-15-14-26(31-32-27)23-10-12-25(13-11-23)34-21-6-4-2/h10-15,24H,3-9,16-21H2,1-2H3/t24-,29-. The van der Waals surface area contributed by atoms with Crippen LogP contribution in [0.3, 0.4) is 0 Å². The number of rotatable bonds is 13. The second-order valence-electron chi connectivity index (χ2n) is 9.73. The van der Waals surface area contributed by atoms with Crippen LogP contribution in [0.25, 0.3) is 11.3 Å². The monoisotopic (exact) mass is 477 g/mol. The fourth-order valence-electron chi connectivity index (χ4n) is 4.66. The van der Waals surface area contributed by atoms with Crippen molar-refractivity contribution in [2.24, 2.45) is 11.3 Å². The Morgan fingerprint density at radius 2 is 1.69 bits per heavy atom. The van der Waals surface area contributed by atoms with Gasteiger partial charge >= 0.3 is 5.97 Å². The number of carbonyl (C=O) groups excluding carboxylic acids is 1. The van der Waals surface area contributed by atoms with Gasteiger partial charge in [0.25, 0.3) is 0 Å². The predicted octanol–water partition coefficient (Wildman–Crippen LogP) is 7.29. The van der Waals surface area contributed by atoms with Crippen LogP contribution in [0.5, 0.6) is 11.6 Å². The van der Waals surface area contributed by atoms with E-state index in [2.05, 4.69) is 30.1 Å². The molecule has 1 heterocycles. The Morgan fingerprint density at radius 3 is 2.31 bits per heavy atom. The molecule has 0 aliphatic heterocycles. The van der Waals surface area contributed by atoms with Gasteiger partial charge in [0, 0.05) is 11.6 Å². The van der Waals surface area contributed by atoms with E-state index in [1.165, 1.54) is 25.7 Å². The van der Waals surface area contributed by atoms with Gasteiger partial charge in [0.05, 0.1) is 29.7 Å². The SMILES string of the molecule is CCCCCCC[C@]1(C#N)CC[C@H](C(=O)Oc2ccc(-c3ccc(OCCCC)cc3)nn2)CC1. The van der Waals surface area contributed by atoms with Crippen molar-refractivity contribution in [1.82, 2.24) is 10.2 Å². The number of carbonyl (C=O) groups is 1. The highest BCUT2D eigenvalue weighted by molar-refractivity contribution is 5.75. The van der Waals surface area contributed by atoms with Crippen molar-refractivity contribution in [3.8, 4) is 29.0 Å². The number of esters is 1. The zero-order chi connectivity index (χ0) is 24.9. The van der Waals surface area contributed by atoms with Gasteiger partial charge in [-0.1, -0.05) is 52.4 Å². The second-order valence-corrected chi connectivity index (χ2v) is 9.73. The van der Waals surface area contributed by atoms with Gasteiger partial charge in [-0.05, 0) is 68.9 Å². The van der Waals surface area contributed by atoms with Gasteiger partial charge in [-0.25, -0.2) is 0 Å². The van der Waals surface area contributed by atoms with Gasteiger partial charge in [0.1, 0.15) is 5.75 Å². The number of hydrogen-bond acceptors (Lipinski definition) is 6. The van der Waals surface area contributed by atoms with Crippen molar-refractivity contribution in [2.45, 2.75) is 90.9 Å². The first-order valence-electron chi connectivity index (χ1n) is 13.3. The van der Waals surface area contributed by atoms with E-state index in [1.807, 2.05) is 30.3 Å². The molecule has 0 radical (unpaired) electrons. The first-order chi connectivity index (χ1) is 17.1. The third-order valence-corrected chi connectivity index (χ3v) is 7.03. The summed E-state index contributed by atoms with van der Waals surface area (Å²) in [5.41, 5.74) is 1.36. The lowest BCUT2D eigenvalue weighted by Gasteiger charge is -2.34. The van der Waals surface area contributed by atoms with Crippen LogP contribution in [0, 0.1) is 22.7 Å². The first kappa shape index (κ1) is 26.7. The molecule has 0 bridgehead atoms. The average Bonchev–Trinajstić information content (AvgIpc) is 2.90. The van der Waals surface area contributed by atoms with E-state index in [-0.39, 0.29) is 23.2 Å². The average molecular weight is 478 g/mol. The molecule has 0 amide bonds. The van der Waals surface area contributed by atoms with Crippen LogP contribution in [0.2, 0.25) is 0 Å². The third-order valence-electron chi connectivity index (χ3n) is 7.03. The number of benzene rings is 1. The quantitative estimate of drug-likeness (QED) is 0.222. The predicted molar refractivity (Wildman–Crippen MR) is 137 cm³/mol. The van der Waals surface area contributed by atoms with Crippen molar-refractivity contribution in [1.29, 1.82) is 5.26 Å². The molecule has 0 unspecified atom stereocenters. The number of unbranched alkanes of at least 4 members (excludes halogenated alkanes) is 5. The van der Waals surface area contributed by atoms with Gasteiger partial charge in [0.2, 0.25) is 5.88 Å². The molecule has 1 aromatic heterocycles. The summed E-state index contributed by atoms with van der Waals surface area (Å²) in [5.74, 6) is 0.602. The van der Waals surface area contributed by atoms with E-state index < -0.39 is 0 Å². The summed E-state index contributed by atoms with van der Waals surface area (Å²) in [4.78, 5) is 12.7. The highest BCUT2D eigenvalue weighted by Crippen LogP contribution is 2.42. The lowest BCUT2D eigenvalue weighted by molar-refractivity contribution is -0.140. The summed E-state index contributed by atoms with van der Waals surface area (Å²) in [6.07, 6.45) is 12.0. The van der Waals surface area contributed by atoms with Gasteiger partial charge in [0.15, 0.2) is 0 Å². The maximum Gasteiger partial charge on any atom is 0.315 e. The van der Waals surface area contributed by atoms with E-state index in [4.69, 9.17) is 9.47 Å². The van der Waals surface area contributed by atoms with Crippen LogP contribution in [0.1, 0.15) is 90.9 Å². The molecule has 3 rings (SSSR count). The zero-order valence-corrected chi connectivity index (χ0v) is 21.3. The smallest absolute Gasteiger partial charge is 0.315 e. The fourth-order valence-corrected chi connectivity index (χ4v) is 4.66. The molecule has 1 fully saturated rings. The van der Waals surface area contributed by atoms with E-state index in [0.29, 0.717) is 25.1 Å². The van der Waals surface area contributed by atoms with Crippen LogP contribution in [0.15, 0.2) is 36.4 Å². The fraction of sp³-hybridized carbons (Fsp3) is 0.586. The summed E-state index contributed by atoms with van der Waals surface area (Å²) in [5, 5.41) is 18.1. The van der Waals surface area contributed by atoms with Crippen LogP contribution >= 0.6 is 0 Å². The maximum absolute atomic E-state index is 12.7. The Kier molecular flexibility index (Phi) is 10.5. The van der Waals surface area contributed by atoms with Crippen LogP contribution in [-0.2, 0) is 4.79 Å². The van der Waals surface area contributed by atoms with Gasteiger partial charge in [-0.2, -0.15) is 5.26 Å². The Labute approximate surface area is 210 Å². The largest absolute Gasteiger partial charge is 0.494 e. The number of nitrogens with zero attached hydrogens (tertiary/aromatic N) is 3. The Hall–Kier alpha value is -2.94. The highest BCUT2D eigenvalue weighted by Gasteiger charge is 2.38. The lowest BCUT2D eigenvalue weighted by atomic mass is 9.69. The molecule has 1 saturated carbocycles. The minimum atomic E-state index is -0.277. The molecule has 0 saturated heterocycles. The summed E-state index contributed by atoms with van der Waals surface area (Å²) >= 11 is 0. The second kappa shape index (κ2) is 13.8. The van der Waals surface area contributed by atoms with E-state index in [0.717, 1.165) is 49.8 Å². The molecular weight excluding hydrogens is 438 g/mol. The Morgan fingerprint density at radius 1 is 0.971 bits per heavy atom. The Balaban J connectivity index is 1.47. The molecule has 6 heteroatoms. The van der Waals surface area contributed by atoms with Crippen LogP contribution < -0.4 is 9.47 Å². The zero-order valence-electron chi connectivity index (χ0n) is 21.3. The first-order valence-corrected chi connectivity index (χ1v) is 13.3. The molecule has 2 aromatic rings. The summed E-state index contributed by atoms with van der Waals surface area (Å²) in [6, 6.07) is 13.8. The molecule has 188 valence electrons. The van der Waals surface area contributed by atoms with E-state index >= 15 is 0 Å². The van der Waals surface area contributed by atoms with Crippen LogP contribution in [-0.4, -0.2) is 22.8 Å². The van der Waals surface area contributed by atoms with Crippen molar-refractivity contribution in [3.63, 3.8) is 0 Å². The van der Waals surface area contributed by atoms with Gasteiger partial charge in [-0.15, -0.1) is 10.2 Å². The molecule has 0 atom stereocenters. The van der Waals surface area contributed by atoms with Crippen LogP contribution in [0.4, 0.5) is 0 Å². The summed E-state index contributed by atoms with van der Waals surface area (Å²) in [7, 11) is 0. The molecule has 0 spiro atoms. The molecule has 1 aromatic carbocycles. The molecule has 35 heavy (non-hydrogen) atoms. The topological polar surface area (TPSA) is 85.1 Å². The molecular formula is C29H39N3O3. The van der Waals surface area contributed by atoms with Gasteiger partial charge < -0.3 is 9.47 Å². The molecule has 0 N–H and O–H groups in total. The third kappa shape index (κ3) is 8.06. The number of ether oxygens (including phenoxy) is 2. The number of aromatic nitrogens is 2. The normalized spacial score (nSPS) is 19.6. The number of hydrogen-bond donors (Lipinski definition) is 0. The van der Waals surface area contributed by atoms with Crippen molar-refractivity contribution in [3.05, 3.63) is 36.4 Å². The van der Waals surface area contributed by atoms with Crippen molar-refractivity contribution < 1.29 is 14.3 Å². The lowest BCUT2D eigenvalue weighted by Crippen LogP contribution is -2.31. The minimum absolute atomic E-state index is 0.182. The molecule has 1 aliphatic carbocycles. The highest BCUT2D eigenvalue weighted by atomic mass is 16.5. The van der Waals surface area contributed by atoms with E-state index in [9.17, 15) is 10.1 Å². The molecule has 6 nitrogen and oxygen atoms in total. The maximum atomic E-state index is 12.7. The minimum Gasteiger partial charge on any atom is -0.494 e. The number of nitriles is 1.